The van der Waals surface area contributed by atoms with E-state index in [1.165, 1.54) is 37.4 Å². The highest BCUT2D eigenvalue weighted by Gasteiger charge is 2.33. The van der Waals surface area contributed by atoms with E-state index >= 15 is 0 Å². The Balaban J connectivity index is 1.47. The Bertz CT molecular complexity index is 2770. The van der Waals surface area contributed by atoms with Gasteiger partial charge in [-0.1, -0.05) is 35.9 Å². The van der Waals surface area contributed by atoms with Gasteiger partial charge in [0.05, 0.1) is 17.7 Å². The van der Waals surface area contributed by atoms with Crippen molar-refractivity contribution >= 4 is 98.7 Å². The molecule has 0 aliphatic heterocycles. The number of hydrogen-bond acceptors (Lipinski definition) is 13. The van der Waals surface area contributed by atoms with Crippen molar-refractivity contribution in [3.8, 4) is 5.75 Å². The van der Waals surface area contributed by atoms with Crippen molar-refractivity contribution in [2.75, 3.05) is 17.9 Å². The van der Waals surface area contributed by atoms with Crippen LogP contribution in [0.15, 0.2) is 121 Å². The van der Waals surface area contributed by atoms with Crippen LogP contribution in [0, 0.1) is 0 Å². The number of carbonyl (C=O) groups excluding carboxylic acids is 1. The maximum Gasteiger partial charge on any atom is 0.296 e. The number of fused-ring (bicyclic) bond motifs is 2. The first kappa shape index (κ1) is 37.2. The molecule has 6 rings (SSSR count). The van der Waals surface area contributed by atoms with Gasteiger partial charge in [0.25, 0.3) is 30.4 Å². The van der Waals surface area contributed by atoms with Gasteiger partial charge in [-0.15, -0.1) is 10.2 Å². The second-order valence-electron chi connectivity index (χ2n) is 11.1. The van der Waals surface area contributed by atoms with Crippen molar-refractivity contribution in [1.82, 2.24) is 0 Å². The van der Waals surface area contributed by atoms with Crippen LogP contribution in [0.3, 0.4) is 0 Å². The first-order valence-electron chi connectivity index (χ1n) is 14.8. The molecule has 16 nitrogen and oxygen atoms in total. The Hall–Kier alpha value is -5.54. The van der Waals surface area contributed by atoms with Crippen molar-refractivity contribution in [3.63, 3.8) is 0 Å². The molecule has 53 heavy (non-hydrogen) atoms. The van der Waals surface area contributed by atoms with Gasteiger partial charge < -0.3 is 10.1 Å². The van der Waals surface area contributed by atoms with E-state index in [0.29, 0.717) is 5.69 Å². The first-order chi connectivity index (χ1) is 24.9. The maximum atomic E-state index is 13.7. The Morgan fingerprint density at radius 2 is 1.43 bits per heavy atom. The molecule has 0 aromatic heterocycles. The number of ether oxygens (including phenoxy) is 1. The molecule has 0 heterocycles. The molecule has 0 saturated heterocycles. The van der Waals surface area contributed by atoms with Crippen molar-refractivity contribution in [1.29, 1.82) is 0 Å². The van der Waals surface area contributed by atoms with Gasteiger partial charge in [-0.05, 0) is 72.3 Å². The Labute approximate surface area is 306 Å². The summed E-state index contributed by atoms with van der Waals surface area (Å²) in [5.41, 5.74) is 2.83. The lowest BCUT2D eigenvalue weighted by molar-refractivity contribution is 0.106. The summed E-state index contributed by atoms with van der Waals surface area (Å²) in [6, 6.07) is 21.5. The number of azo groups is 1. The SMILES string of the molecule is COc1cc(N=Nc2ccc(Cl)cc2S(=O)(=O)O)c2cc(S(=O)(=O)O)ccc2c1NN=C1C(=O)c2ccc(Nc3ccccc3)cc2C=C1S(=O)(=O)O. The van der Waals surface area contributed by atoms with E-state index < -0.39 is 56.5 Å². The number of nitrogens with one attached hydrogen (secondary N) is 2. The van der Waals surface area contributed by atoms with Gasteiger partial charge in [-0.25, -0.2) is 0 Å². The van der Waals surface area contributed by atoms with Crippen molar-refractivity contribution in [2.45, 2.75) is 9.79 Å². The molecule has 0 bridgehead atoms. The van der Waals surface area contributed by atoms with E-state index in [9.17, 15) is 43.7 Å². The van der Waals surface area contributed by atoms with Gasteiger partial charge in [0.15, 0.2) is 5.71 Å². The van der Waals surface area contributed by atoms with Gasteiger partial charge in [-0.3, -0.25) is 23.9 Å². The molecule has 0 unspecified atom stereocenters. The lowest BCUT2D eigenvalue weighted by Gasteiger charge is -2.18. The highest BCUT2D eigenvalue weighted by Crippen LogP contribution is 2.42. The predicted octanol–water partition coefficient (Wildman–Crippen LogP) is 7.05. The Morgan fingerprint density at radius 1 is 0.717 bits per heavy atom. The Morgan fingerprint density at radius 3 is 2.09 bits per heavy atom. The zero-order valence-electron chi connectivity index (χ0n) is 26.8. The van der Waals surface area contributed by atoms with Crippen LogP contribution in [0.1, 0.15) is 15.9 Å². The van der Waals surface area contributed by atoms with Crippen molar-refractivity contribution < 1.29 is 48.4 Å². The number of anilines is 3. The van der Waals surface area contributed by atoms with Crippen molar-refractivity contribution in [2.24, 2.45) is 15.3 Å². The van der Waals surface area contributed by atoms with Crippen LogP contribution in [0.4, 0.5) is 28.4 Å². The van der Waals surface area contributed by atoms with Gasteiger partial charge in [0.1, 0.15) is 26.9 Å². The van der Waals surface area contributed by atoms with E-state index in [1.54, 1.807) is 18.2 Å². The lowest BCUT2D eigenvalue weighted by Crippen LogP contribution is -2.27. The topological polar surface area (TPSA) is 251 Å². The third kappa shape index (κ3) is 7.95. The van der Waals surface area contributed by atoms with Crippen LogP contribution in [0.2, 0.25) is 5.02 Å². The van der Waals surface area contributed by atoms with E-state index in [-0.39, 0.29) is 49.7 Å². The number of methoxy groups -OCH3 is 1. The van der Waals surface area contributed by atoms with Crippen LogP contribution in [-0.4, -0.2) is 57.5 Å². The highest BCUT2D eigenvalue weighted by molar-refractivity contribution is 7.91. The molecule has 1 aliphatic rings. The molecule has 0 radical (unpaired) electrons. The molecule has 272 valence electrons. The fourth-order valence-electron chi connectivity index (χ4n) is 5.28. The van der Waals surface area contributed by atoms with Crippen LogP contribution < -0.4 is 15.5 Å². The first-order valence-corrected chi connectivity index (χ1v) is 19.5. The maximum absolute atomic E-state index is 13.7. The molecule has 0 spiro atoms. The normalized spacial score (nSPS) is 14.3. The molecule has 5 aromatic rings. The summed E-state index contributed by atoms with van der Waals surface area (Å²) < 4.78 is 108. The standard InChI is InChI=1S/C33H24ClN5O11S3/c1-50-28-17-27(37-36-26-12-7-19(34)15-29(26)52(44,45)46)25-16-22(51(41,42)43)9-11-24(25)31(28)38-39-32-30(53(47,48)49)14-18-13-21(8-10-23(18)33(32)40)35-20-5-3-2-4-6-20/h2-17,35,38H,1H3,(H,41,42,43)(H,44,45,46)(H,47,48,49). The van der Waals surface area contributed by atoms with Gasteiger partial charge in [0, 0.05) is 38.8 Å². The fraction of sp³-hybridized carbons (Fsp3) is 0.0303. The summed E-state index contributed by atoms with van der Waals surface area (Å²) in [4.78, 5) is 11.6. The van der Waals surface area contributed by atoms with E-state index in [4.69, 9.17) is 16.3 Å². The number of ketones is 1. The van der Waals surface area contributed by atoms with Gasteiger partial charge in [0.2, 0.25) is 5.78 Å². The number of hydrogen-bond donors (Lipinski definition) is 5. The summed E-state index contributed by atoms with van der Waals surface area (Å²) in [6.45, 7) is 0. The summed E-state index contributed by atoms with van der Waals surface area (Å²) >= 11 is 5.89. The average molecular weight is 798 g/mol. The predicted molar refractivity (Wildman–Crippen MR) is 197 cm³/mol. The molecule has 1 aliphatic carbocycles. The third-order valence-electron chi connectivity index (χ3n) is 7.68. The van der Waals surface area contributed by atoms with Gasteiger partial charge >= 0.3 is 0 Å². The average Bonchev–Trinajstić information content (AvgIpc) is 3.09. The monoisotopic (exact) mass is 797 g/mol. The lowest BCUT2D eigenvalue weighted by atomic mass is 9.94. The number of benzene rings is 5. The molecule has 5 aromatic carbocycles. The minimum Gasteiger partial charge on any atom is -0.494 e. The number of allylic oxidation sites excluding steroid dienone is 1. The molecular formula is C33H24ClN5O11S3. The fourth-order valence-corrected chi connectivity index (χ4v) is 7.33. The molecular weight excluding hydrogens is 774 g/mol. The number of hydrazone groups is 1. The molecule has 0 saturated carbocycles. The molecule has 0 amide bonds. The number of carbonyl (C=O) groups is 1. The van der Waals surface area contributed by atoms with Crippen LogP contribution >= 0.6 is 11.6 Å². The smallest absolute Gasteiger partial charge is 0.296 e. The zero-order chi connectivity index (χ0) is 38.3. The minimum atomic E-state index is -5.04. The Kier molecular flexibility index (Phi) is 9.92. The molecule has 0 atom stereocenters. The summed E-state index contributed by atoms with van der Waals surface area (Å²) in [5, 5.41) is 15.2. The van der Waals surface area contributed by atoms with Crippen LogP contribution in [0.5, 0.6) is 5.75 Å². The van der Waals surface area contributed by atoms with E-state index in [0.717, 1.165) is 36.0 Å². The second kappa shape index (κ2) is 14.1. The number of Topliss-reactive ketones (excluding diaryl/α,β-unsaturated/α-hetero) is 1. The second-order valence-corrected chi connectivity index (χ2v) is 15.8. The zero-order valence-corrected chi connectivity index (χ0v) is 30.0. The largest absolute Gasteiger partial charge is 0.494 e. The van der Waals surface area contributed by atoms with Crippen LogP contribution in [0.25, 0.3) is 16.8 Å². The molecule has 0 fully saturated rings. The highest BCUT2D eigenvalue weighted by atomic mass is 35.5. The number of para-hydroxylation sites is 1. The number of rotatable bonds is 10. The molecule has 20 heteroatoms. The quantitative estimate of drug-likeness (QED) is 0.0540. The van der Waals surface area contributed by atoms with Gasteiger partial charge in [-0.2, -0.15) is 30.4 Å². The van der Waals surface area contributed by atoms with Crippen molar-refractivity contribution in [3.05, 3.63) is 112 Å². The van der Waals surface area contributed by atoms with Crippen LogP contribution in [-0.2, 0) is 30.4 Å². The number of nitrogens with zero attached hydrogens (tertiary/aromatic N) is 3. The summed E-state index contributed by atoms with van der Waals surface area (Å²) in [7, 11) is -13.4. The summed E-state index contributed by atoms with van der Waals surface area (Å²) in [6.07, 6.45) is 1.08. The number of halogens is 1. The molecule has 5 N–H and O–H groups in total. The van der Waals surface area contributed by atoms with E-state index in [2.05, 4.69) is 26.1 Å². The van der Waals surface area contributed by atoms with E-state index in [1.807, 2.05) is 18.2 Å². The third-order valence-corrected chi connectivity index (χ3v) is 10.5. The summed E-state index contributed by atoms with van der Waals surface area (Å²) in [5.74, 6) is -0.937. The minimum absolute atomic E-state index is 0.0321.